The zero-order valence-electron chi connectivity index (χ0n) is 10.7. The van der Waals surface area contributed by atoms with E-state index in [1.54, 1.807) is 26.0 Å². The molecule has 1 aromatic rings. The second-order valence-electron chi connectivity index (χ2n) is 4.21. The van der Waals surface area contributed by atoms with Crippen molar-refractivity contribution in [1.82, 2.24) is 4.72 Å². The lowest BCUT2D eigenvalue weighted by Crippen LogP contribution is -2.40. The maximum atomic E-state index is 12.1. The Balaban J connectivity index is 3.08. The molecule has 7 nitrogen and oxygen atoms in total. The summed E-state index contributed by atoms with van der Waals surface area (Å²) in [5.41, 5.74) is 11.8. The Morgan fingerprint density at radius 1 is 1.37 bits per heavy atom. The first-order valence-corrected chi connectivity index (χ1v) is 6.98. The van der Waals surface area contributed by atoms with E-state index >= 15 is 0 Å². The summed E-state index contributed by atoms with van der Waals surface area (Å²) >= 11 is 0. The minimum Gasteiger partial charge on any atom is -0.397 e. The largest absolute Gasteiger partial charge is 0.397 e. The third-order valence-corrected chi connectivity index (χ3v) is 4.30. The fraction of sp³-hybridized carbons (Fsp3) is 0.364. The van der Waals surface area contributed by atoms with E-state index in [1.165, 1.54) is 0 Å². The van der Waals surface area contributed by atoms with Crippen LogP contribution in [0.4, 0.5) is 5.69 Å². The van der Waals surface area contributed by atoms with Gasteiger partial charge in [0.25, 0.3) is 0 Å². The van der Waals surface area contributed by atoms with E-state index in [1.807, 2.05) is 0 Å². The van der Waals surface area contributed by atoms with Gasteiger partial charge in [-0.3, -0.25) is 4.79 Å². The van der Waals surface area contributed by atoms with Crippen molar-refractivity contribution in [3.63, 3.8) is 0 Å². The Morgan fingerprint density at radius 2 is 1.89 bits per heavy atom. The maximum Gasteiger partial charge on any atom is 0.247 e. The Hall–Kier alpha value is -1.64. The number of aliphatic hydroxyl groups excluding tert-OH is 1. The van der Waals surface area contributed by atoms with E-state index < -0.39 is 28.6 Å². The fourth-order valence-electron chi connectivity index (χ4n) is 1.53. The SMILES string of the molecule is Cc1ccc(C)c(S(=O)(=O)NCC(O)C(N)=O)c1N. The first-order valence-electron chi connectivity index (χ1n) is 5.49. The Bertz CT molecular complexity index is 598. The van der Waals surface area contributed by atoms with Crippen LogP contribution in [0.25, 0.3) is 0 Å². The topological polar surface area (TPSA) is 136 Å². The molecule has 1 atom stereocenters. The van der Waals surface area contributed by atoms with Crippen LogP contribution in [-0.4, -0.2) is 32.1 Å². The monoisotopic (exact) mass is 287 g/mol. The molecule has 1 unspecified atom stereocenters. The molecule has 1 aromatic carbocycles. The van der Waals surface area contributed by atoms with Crippen LogP contribution in [0.15, 0.2) is 17.0 Å². The van der Waals surface area contributed by atoms with Crippen LogP contribution >= 0.6 is 0 Å². The van der Waals surface area contributed by atoms with E-state index in [-0.39, 0.29) is 10.6 Å². The van der Waals surface area contributed by atoms with Crippen molar-refractivity contribution in [1.29, 1.82) is 0 Å². The van der Waals surface area contributed by atoms with Crippen LogP contribution < -0.4 is 16.2 Å². The van der Waals surface area contributed by atoms with Gasteiger partial charge in [0.05, 0.1) is 5.69 Å². The molecule has 0 fully saturated rings. The van der Waals surface area contributed by atoms with Crippen LogP contribution in [0, 0.1) is 13.8 Å². The molecule has 106 valence electrons. The molecule has 0 saturated carbocycles. The number of nitrogens with two attached hydrogens (primary N) is 2. The summed E-state index contributed by atoms with van der Waals surface area (Å²) in [6.07, 6.45) is -1.58. The highest BCUT2D eigenvalue weighted by Crippen LogP contribution is 2.25. The lowest BCUT2D eigenvalue weighted by Gasteiger charge is -2.14. The van der Waals surface area contributed by atoms with Gasteiger partial charge in [-0.05, 0) is 25.0 Å². The lowest BCUT2D eigenvalue weighted by molar-refractivity contribution is -0.125. The molecule has 0 spiro atoms. The molecule has 0 aliphatic carbocycles. The van der Waals surface area contributed by atoms with Gasteiger partial charge in [-0.2, -0.15) is 0 Å². The van der Waals surface area contributed by atoms with E-state index in [4.69, 9.17) is 11.5 Å². The quantitative estimate of drug-likeness (QED) is 0.516. The van der Waals surface area contributed by atoms with Crippen LogP contribution in [0.5, 0.6) is 0 Å². The van der Waals surface area contributed by atoms with Crippen molar-refractivity contribution >= 4 is 21.6 Å². The minimum atomic E-state index is -3.92. The third kappa shape index (κ3) is 3.43. The number of nitrogen functional groups attached to an aromatic ring is 1. The van der Waals surface area contributed by atoms with E-state index in [2.05, 4.69) is 4.72 Å². The highest BCUT2D eigenvalue weighted by atomic mass is 32.2. The van der Waals surface area contributed by atoms with Gasteiger partial charge in [-0.1, -0.05) is 12.1 Å². The summed E-state index contributed by atoms with van der Waals surface area (Å²) in [4.78, 5) is 10.6. The highest BCUT2D eigenvalue weighted by Gasteiger charge is 2.23. The average molecular weight is 287 g/mol. The van der Waals surface area contributed by atoms with Gasteiger partial charge >= 0.3 is 0 Å². The molecule has 6 N–H and O–H groups in total. The number of aryl methyl sites for hydroxylation is 2. The molecule has 0 bridgehead atoms. The van der Waals surface area contributed by atoms with Crippen LogP contribution in [0.3, 0.4) is 0 Å². The van der Waals surface area contributed by atoms with Gasteiger partial charge in [0.2, 0.25) is 15.9 Å². The van der Waals surface area contributed by atoms with Gasteiger partial charge in [0, 0.05) is 6.54 Å². The first-order chi connectivity index (χ1) is 8.66. The molecule has 0 aliphatic heterocycles. The Morgan fingerprint density at radius 3 is 2.42 bits per heavy atom. The van der Waals surface area contributed by atoms with Crippen molar-refractivity contribution in [3.05, 3.63) is 23.3 Å². The zero-order valence-corrected chi connectivity index (χ0v) is 11.5. The average Bonchev–Trinajstić information content (AvgIpc) is 2.31. The summed E-state index contributed by atoms with van der Waals surface area (Å²) in [6, 6.07) is 3.34. The maximum absolute atomic E-state index is 12.1. The van der Waals surface area contributed by atoms with Gasteiger partial charge in [-0.25, -0.2) is 13.1 Å². The Labute approximate surface area is 111 Å². The number of primary amides is 1. The molecule has 0 saturated heterocycles. The van der Waals surface area contributed by atoms with Gasteiger partial charge in [0.15, 0.2) is 0 Å². The number of carbonyl (C=O) groups is 1. The summed E-state index contributed by atoms with van der Waals surface area (Å²) in [5.74, 6) is -1.00. The van der Waals surface area contributed by atoms with Gasteiger partial charge in [0.1, 0.15) is 11.0 Å². The minimum absolute atomic E-state index is 0.0517. The smallest absolute Gasteiger partial charge is 0.247 e. The molecule has 8 heteroatoms. The summed E-state index contributed by atoms with van der Waals surface area (Å²) in [7, 11) is -3.92. The number of benzene rings is 1. The fourth-order valence-corrected chi connectivity index (χ4v) is 2.99. The van der Waals surface area contributed by atoms with Crippen molar-refractivity contribution in [2.45, 2.75) is 24.8 Å². The van der Waals surface area contributed by atoms with Crippen molar-refractivity contribution < 1.29 is 18.3 Å². The second kappa shape index (κ2) is 5.55. The Kier molecular flexibility index (Phi) is 4.51. The number of rotatable bonds is 5. The molecule has 1 amide bonds. The molecule has 0 radical (unpaired) electrons. The molecule has 0 heterocycles. The first kappa shape index (κ1) is 15.4. The van der Waals surface area contributed by atoms with E-state index in [0.717, 1.165) is 0 Å². The van der Waals surface area contributed by atoms with Crippen LogP contribution in [0.1, 0.15) is 11.1 Å². The van der Waals surface area contributed by atoms with Gasteiger partial charge < -0.3 is 16.6 Å². The number of nitrogens with one attached hydrogen (secondary N) is 1. The number of anilines is 1. The highest BCUT2D eigenvalue weighted by molar-refractivity contribution is 7.89. The number of amides is 1. The summed E-state index contributed by atoms with van der Waals surface area (Å²) in [6.45, 7) is 2.80. The van der Waals surface area contributed by atoms with Crippen molar-refractivity contribution in [3.8, 4) is 0 Å². The number of aliphatic hydroxyl groups is 1. The zero-order chi connectivity index (χ0) is 14.8. The third-order valence-electron chi connectivity index (χ3n) is 2.67. The predicted molar refractivity (Wildman–Crippen MR) is 70.7 cm³/mol. The predicted octanol–water partition coefficient (Wildman–Crippen LogP) is -0.990. The normalized spacial score (nSPS) is 13.2. The molecule has 0 aliphatic rings. The van der Waals surface area contributed by atoms with Crippen LogP contribution in [0.2, 0.25) is 0 Å². The number of hydrogen-bond acceptors (Lipinski definition) is 5. The van der Waals surface area contributed by atoms with Gasteiger partial charge in [-0.15, -0.1) is 0 Å². The molecular formula is C11H17N3O4S. The summed E-state index contributed by atoms with van der Waals surface area (Å²) in [5, 5.41) is 9.20. The molecule has 1 rings (SSSR count). The van der Waals surface area contributed by atoms with Crippen molar-refractivity contribution in [2.24, 2.45) is 5.73 Å². The lowest BCUT2D eigenvalue weighted by atomic mass is 10.1. The summed E-state index contributed by atoms with van der Waals surface area (Å²) < 4.78 is 26.3. The number of sulfonamides is 1. The number of carbonyl (C=O) groups excluding carboxylic acids is 1. The van der Waals surface area contributed by atoms with Crippen molar-refractivity contribution in [2.75, 3.05) is 12.3 Å². The van der Waals surface area contributed by atoms with Crippen LogP contribution in [-0.2, 0) is 14.8 Å². The second-order valence-corrected chi connectivity index (χ2v) is 5.92. The van der Waals surface area contributed by atoms with E-state index in [0.29, 0.717) is 11.1 Å². The molecule has 0 aromatic heterocycles. The standard InChI is InChI=1S/C11H17N3O4S/c1-6-3-4-7(2)10(9(6)12)19(17,18)14-5-8(15)11(13)16/h3-4,8,14-15H,5,12H2,1-2H3,(H2,13,16). The molecule has 19 heavy (non-hydrogen) atoms. The number of hydrogen-bond donors (Lipinski definition) is 4. The molecular weight excluding hydrogens is 270 g/mol. The van der Waals surface area contributed by atoms with E-state index in [9.17, 15) is 18.3 Å².